The van der Waals surface area contributed by atoms with Gasteiger partial charge in [0.2, 0.25) is 0 Å². The Bertz CT molecular complexity index is 340. The molecule has 2 aliphatic heterocycles. The molecular weight excluding hydrogens is 166 g/mol. The van der Waals surface area contributed by atoms with E-state index in [1.54, 1.807) is 16.6 Å². The summed E-state index contributed by atoms with van der Waals surface area (Å²) in [6, 6.07) is 4.41. The van der Waals surface area contributed by atoms with Crippen LogP contribution >= 0.6 is 0 Å². The number of hydrogen-bond donors (Lipinski definition) is 0. The van der Waals surface area contributed by atoms with Crippen molar-refractivity contribution < 1.29 is 0 Å². The van der Waals surface area contributed by atoms with Crippen LogP contribution in [0.4, 0.5) is 0 Å². The normalized spacial score (nSPS) is 19.3. The molecule has 0 bridgehead atoms. The van der Waals surface area contributed by atoms with Crippen LogP contribution in [0.25, 0.3) is 0 Å². The minimum atomic E-state index is 0.864. The van der Waals surface area contributed by atoms with E-state index in [-0.39, 0.29) is 0 Å². The Balaban J connectivity index is 2.20. The minimum absolute atomic E-state index is 0.864. The molecule has 0 aromatic heterocycles. The maximum Gasteiger partial charge on any atom is 0.176 e. The average Bonchev–Trinajstić information content (AvgIpc) is 2.18. The molecule has 1 aromatic carbocycles. The largest absolute Gasteiger partial charge is 0.176 e. The summed E-state index contributed by atoms with van der Waals surface area (Å²) in [5.41, 5.74) is 5.75. The van der Waals surface area contributed by atoms with Gasteiger partial charge >= 0.3 is 0 Å². The van der Waals surface area contributed by atoms with Crippen LogP contribution in [0.3, 0.4) is 0 Å². The van der Waals surface area contributed by atoms with Gasteiger partial charge in [-0.15, -0.1) is 0 Å². The highest BCUT2D eigenvalue weighted by molar-refractivity contribution is 6.74. The van der Waals surface area contributed by atoms with Gasteiger partial charge in [0.25, 0.3) is 0 Å². The molecule has 0 unspecified atom stereocenters. The van der Waals surface area contributed by atoms with Crippen LogP contribution in [0.1, 0.15) is 24.0 Å². The fraction of sp³-hybridized carbons (Fsp3) is 0.500. The van der Waals surface area contributed by atoms with Crippen LogP contribution in [0, 0.1) is 0 Å². The number of hydrogen-bond acceptors (Lipinski definition) is 0. The smallest absolute Gasteiger partial charge is 0.0962 e. The van der Waals surface area contributed by atoms with Gasteiger partial charge in [-0.3, -0.25) is 0 Å². The van der Waals surface area contributed by atoms with Crippen molar-refractivity contribution >= 4 is 25.5 Å². The second-order valence-corrected chi connectivity index (χ2v) is 4.73. The molecule has 0 spiro atoms. The molecule has 2 heteroatoms. The second kappa shape index (κ2) is 3.18. The number of rotatable bonds is 0. The van der Waals surface area contributed by atoms with Crippen LogP contribution in [-0.2, 0) is 12.8 Å². The molecule has 3 rings (SSSR count). The fourth-order valence-electron chi connectivity index (χ4n) is 3.25. The fourth-order valence-corrected chi connectivity index (χ4v) is 3.25. The van der Waals surface area contributed by atoms with Crippen molar-refractivity contribution in [3.05, 3.63) is 23.3 Å². The lowest BCUT2D eigenvalue weighted by molar-refractivity contribution is 0.836. The van der Waals surface area contributed by atoms with Gasteiger partial charge in [-0.2, -0.15) is 0 Å². The Morgan fingerprint density at radius 1 is 1.00 bits per heavy atom. The summed E-state index contributed by atoms with van der Waals surface area (Å²) < 4.78 is 0. The molecule has 0 aliphatic carbocycles. The number of benzene rings is 1. The van der Waals surface area contributed by atoms with E-state index in [0.29, 0.717) is 0 Å². The zero-order chi connectivity index (χ0) is 9.54. The Morgan fingerprint density at radius 2 is 1.57 bits per heavy atom. The van der Waals surface area contributed by atoms with E-state index in [1.165, 1.54) is 38.3 Å². The van der Waals surface area contributed by atoms with Crippen molar-refractivity contribution in [2.75, 3.05) is 0 Å². The van der Waals surface area contributed by atoms with E-state index < -0.39 is 0 Å². The van der Waals surface area contributed by atoms with Crippen LogP contribution in [-0.4, -0.2) is 14.6 Å². The van der Waals surface area contributed by atoms with Crippen molar-refractivity contribution in [2.45, 2.75) is 38.3 Å². The third-order valence-electron chi connectivity index (χ3n) is 3.78. The van der Waals surface area contributed by atoms with Crippen LogP contribution in [0.2, 0.25) is 12.6 Å². The third kappa shape index (κ3) is 1.24. The quantitative estimate of drug-likeness (QED) is 0.523. The first-order valence-corrected chi connectivity index (χ1v) is 5.76. The van der Waals surface area contributed by atoms with Crippen LogP contribution in [0.5, 0.6) is 0 Å². The summed E-state index contributed by atoms with van der Waals surface area (Å²) >= 11 is 0. The van der Waals surface area contributed by atoms with Gasteiger partial charge in [0.1, 0.15) is 7.85 Å². The summed E-state index contributed by atoms with van der Waals surface area (Å²) in [4.78, 5) is 0. The highest BCUT2D eigenvalue weighted by Gasteiger charge is 2.28. The average molecular weight is 180 g/mol. The Kier molecular flexibility index (Phi) is 1.97. The minimum Gasteiger partial charge on any atom is -0.0962 e. The molecular formula is C12H14B2. The summed E-state index contributed by atoms with van der Waals surface area (Å²) in [6.45, 7) is 0.864. The van der Waals surface area contributed by atoms with E-state index >= 15 is 0 Å². The third-order valence-corrected chi connectivity index (χ3v) is 3.78. The Labute approximate surface area is 87.6 Å². The molecule has 2 radical (unpaired) electrons. The zero-order valence-corrected chi connectivity index (χ0v) is 8.55. The first-order chi connectivity index (χ1) is 6.84. The van der Waals surface area contributed by atoms with Crippen molar-refractivity contribution in [3.63, 3.8) is 0 Å². The van der Waals surface area contributed by atoms with Gasteiger partial charge in [-0.05, 0) is 12.8 Å². The monoisotopic (exact) mass is 180 g/mol. The molecule has 1 aromatic rings. The molecule has 14 heavy (non-hydrogen) atoms. The van der Waals surface area contributed by atoms with Crippen LogP contribution in [0.15, 0.2) is 12.1 Å². The van der Waals surface area contributed by atoms with Gasteiger partial charge < -0.3 is 0 Å². The molecule has 2 aliphatic rings. The molecule has 2 heterocycles. The molecule has 0 amide bonds. The predicted molar refractivity (Wildman–Crippen MR) is 63.5 cm³/mol. The highest BCUT2D eigenvalue weighted by atomic mass is 14.2. The highest BCUT2D eigenvalue weighted by Crippen LogP contribution is 2.24. The molecule has 68 valence electrons. The SMILES string of the molecule is [B]c1cc2c3c(c1)CCCB3CCC2. The molecule has 0 N–H and O–H groups in total. The summed E-state index contributed by atoms with van der Waals surface area (Å²) in [5, 5.41) is 0. The van der Waals surface area contributed by atoms with E-state index in [9.17, 15) is 0 Å². The van der Waals surface area contributed by atoms with Gasteiger partial charge in [0, 0.05) is 0 Å². The lowest BCUT2D eigenvalue weighted by Gasteiger charge is -2.30. The standard InChI is InChI=1S/C12H14B2/c13-11-7-9-3-1-5-14-6-2-4-10(8-11)12(9)14/h7-8H,1-6H2. The number of aryl methyl sites for hydroxylation is 2. The van der Waals surface area contributed by atoms with Crippen LogP contribution < -0.4 is 10.9 Å². The second-order valence-electron chi connectivity index (χ2n) is 4.73. The van der Waals surface area contributed by atoms with Crippen molar-refractivity contribution in [2.24, 2.45) is 0 Å². The van der Waals surface area contributed by atoms with Crippen molar-refractivity contribution in [1.29, 1.82) is 0 Å². The molecule has 0 nitrogen and oxygen atoms in total. The predicted octanol–water partition coefficient (Wildman–Crippen LogP) is 1.07. The lowest BCUT2D eigenvalue weighted by Crippen LogP contribution is -2.42. The maximum absolute atomic E-state index is 5.93. The Hall–Kier alpha value is -0.650. The van der Waals surface area contributed by atoms with Gasteiger partial charge in [0.05, 0.1) is 0 Å². The van der Waals surface area contributed by atoms with Gasteiger partial charge in [-0.1, -0.05) is 59.7 Å². The van der Waals surface area contributed by atoms with E-state index in [4.69, 9.17) is 7.85 Å². The Morgan fingerprint density at radius 3 is 2.14 bits per heavy atom. The lowest BCUT2D eigenvalue weighted by atomic mass is 9.34. The zero-order valence-electron chi connectivity index (χ0n) is 8.55. The first kappa shape index (κ1) is 8.64. The van der Waals surface area contributed by atoms with E-state index in [0.717, 1.165) is 12.2 Å². The maximum atomic E-state index is 5.93. The topological polar surface area (TPSA) is 0 Å². The first-order valence-electron chi connectivity index (χ1n) is 5.76. The van der Waals surface area contributed by atoms with Gasteiger partial charge in [0.15, 0.2) is 6.71 Å². The van der Waals surface area contributed by atoms with Gasteiger partial charge in [-0.25, -0.2) is 0 Å². The van der Waals surface area contributed by atoms with E-state index in [1.807, 2.05) is 0 Å². The van der Waals surface area contributed by atoms with E-state index in [2.05, 4.69) is 12.1 Å². The summed E-state index contributed by atoms with van der Waals surface area (Å²) in [7, 11) is 5.93. The van der Waals surface area contributed by atoms with Crippen molar-refractivity contribution in [1.82, 2.24) is 0 Å². The molecule has 0 saturated heterocycles. The molecule has 0 atom stereocenters. The molecule has 0 saturated carbocycles. The summed E-state index contributed by atoms with van der Waals surface area (Å²) in [5.74, 6) is 0. The summed E-state index contributed by atoms with van der Waals surface area (Å²) in [6.07, 6.45) is 8.04. The van der Waals surface area contributed by atoms with Crippen molar-refractivity contribution in [3.8, 4) is 0 Å². The molecule has 0 fully saturated rings.